The molecule has 2 rings (SSSR count). The van der Waals surface area contributed by atoms with E-state index in [9.17, 15) is 0 Å². The van der Waals surface area contributed by atoms with Gasteiger partial charge in [-0.25, -0.2) is 9.97 Å². The fourth-order valence-corrected chi connectivity index (χ4v) is 3.57. The fourth-order valence-electron chi connectivity index (χ4n) is 2.22. The van der Waals surface area contributed by atoms with Gasteiger partial charge in [0.05, 0.1) is 16.2 Å². The third-order valence-electron chi connectivity index (χ3n) is 3.58. The summed E-state index contributed by atoms with van der Waals surface area (Å²) in [6.07, 6.45) is 5.32. The normalized spacial score (nSPS) is 12.8. The monoisotopic (exact) mass is 294 g/mol. The van der Waals surface area contributed by atoms with E-state index in [0.717, 1.165) is 12.8 Å². The first kappa shape index (κ1) is 14.7. The van der Waals surface area contributed by atoms with Gasteiger partial charge in [0.15, 0.2) is 0 Å². The van der Waals surface area contributed by atoms with Crippen LogP contribution in [-0.2, 0) is 11.8 Å². The minimum absolute atomic E-state index is 0.174. The second-order valence-electron chi connectivity index (χ2n) is 6.54. The van der Waals surface area contributed by atoms with Crippen LogP contribution in [0.5, 0.6) is 0 Å². The Labute approximate surface area is 123 Å². The highest BCUT2D eigenvalue weighted by Gasteiger charge is 2.28. The zero-order valence-electron chi connectivity index (χ0n) is 12.1. The summed E-state index contributed by atoms with van der Waals surface area (Å²) < 4.78 is 0. The Hall–Kier alpha value is -0.740. The van der Waals surface area contributed by atoms with E-state index in [4.69, 9.17) is 0 Å². The molecule has 0 aliphatic rings. The van der Waals surface area contributed by atoms with Crippen molar-refractivity contribution >= 4 is 22.7 Å². The first-order valence-electron chi connectivity index (χ1n) is 6.66. The van der Waals surface area contributed by atoms with Crippen molar-refractivity contribution < 1.29 is 0 Å². The highest BCUT2D eigenvalue weighted by Crippen LogP contribution is 2.36. The predicted molar refractivity (Wildman–Crippen MR) is 84.0 cm³/mol. The molecule has 19 heavy (non-hydrogen) atoms. The molecule has 2 nitrogen and oxygen atoms in total. The Morgan fingerprint density at radius 2 is 1.89 bits per heavy atom. The molecule has 0 saturated heterocycles. The molecular weight excluding hydrogens is 272 g/mol. The van der Waals surface area contributed by atoms with Gasteiger partial charge in [-0.3, -0.25) is 0 Å². The molecule has 0 saturated carbocycles. The van der Waals surface area contributed by atoms with Crippen molar-refractivity contribution in [3.63, 3.8) is 0 Å². The second kappa shape index (κ2) is 5.71. The largest absolute Gasteiger partial charge is 0.250 e. The number of thiazole rings is 2. The molecule has 0 radical (unpaired) electrons. The summed E-state index contributed by atoms with van der Waals surface area (Å²) in [7, 11) is 0. The van der Waals surface area contributed by atoms with Crippen molar-refractivity contribution in [3.05, 3.63) is 33.2 Å². The highest BCUT2D eigenvalue weighted by atomic mass is 32.1. The SMILES string of the molecule is CC(C)(CCC(C)(C)c1nccs1)Cc1cscn1. The van der Waals surface area contributed by atoms with Crippen molar-refractivity contribution in [2.24, 2.45) is 5.41 Å². The van der Waals surface area contributed by atoms with Gasteiger partial charge in [-0.1, -0.05) is 27.7 Å². The number of aromatic nitrogens is 2. The zero-order chi connectivity index (χ0) is 13.9. The van der Waals surface area contributed by atoms with Crippen LogP contribution in [0.4, 0.5) is 0 Å². The Bertz CT molecular complexity index is 484. The van der Waals surface area contributed by atoms with Crippen molar-refractivity contribution in [1.29, 1.82) is 0 Å². The van der Waals surface area contributed by atoms with Crippen LogP contribution in [0.1, 0.15) is 51.2 Å². The van der Waals surface area contributed by atoms with Crippen LogP contribution < -0.4 is 0 Å². The lowest BCUT2D eigenvalue weighted by molar-refractivity contribution is 0.283. The maximum Gasteiger partial charge on any atom is 0.0981 e. The smallest absolute Gasteiger partial charge is 0.0981 e. The van der Waals surface area contributed by atoms with Gasteiger partial charge in [-0.15, -0.1) is 22.7 Å². The molecule has 2 heterocycles. The molecule has 0 bridgehead atoms. The minimum Gasteiger partial charge on any atom is -0.250 e. The first-order valence-corrected chi connectivity index (χ1v) is 8.48. The van der Waals surface area contributed by atoms with Crippen molar-refractivity contribution in [1.82, 2.24) is 9.97 Å². The van der Waals surface area contributed by atoms with Gasteiger partial charge >= 0.3 is 0 Å². The van der Waals surface area contributed by atoms with Crippen LogP contribution in [0.3, 0.4) is 0 Å². The van der Waals surface area contributed by atoms with Crippen LogP contribution >= 0.6 is 22.7 Å². The van der Waals surface area contributed by atoms with Crippen molar-refractivity contribution in [2.75, 3.05) is 0 Å². The van der Waals surface area contributed by atoms with E-state index >= 15 is 0 Å². The Kier molecular flexibility index (Phi) is 4.41. The topological polar surface area (TPSA) is 25.8 Å². The maximum atomic E-state index is 4.47. The maximum absolute atomic E-state index is 4.47. The van der Waals surface area contributed by atoms with Gasteiger partial charge in [0.2, 0.25) is 0 Å². The third kappa shape index (κ3) is 4.11. The van der Waals surface area contributed by atoms with E-state index in [-0.39, 0.29) is 5.41 Å². The van der Waals surface area contributed by atoms with Crippen LogP contribution in [-0.4, -0.2) is 9.97 Å². The predicted octanol–water partition coefficient (Wildman–Crippen LogP) is 4.93. The summed E-state index contributed by atoms with van der Waals surface area (Å²) in [4.78, 5) is 8.88. The molecule has 0 fully saturated rings. The molecule has 2 aromatic rings. The first-order chi connectivity index (χ1) is 8.89. The minimum atomic E-state index is 0.174. The summed E-state index contributed by atoms with van der Waals surface area (Å²) >= 11 is 3.45. The summed E-state index contributed by atoms with van der Waals surface area (Å²) in [5, 5.41) is 5.47. The van der Waals surface area contributed by atoms with E-state index in [1.54, 1.807) is 22.7 Å². The van der Waals surface area contributed by atoms with E-state index in [1.807, 2.05) is 11.7 Å². The molecule has 0 atom stereocenters. The molecule has 2 aromatic heterocycles. The summed E-state index contributed by atoms with van der Waals surface area (Å²) in [6, 6.07) is 0. The highest BCUT2D eigenvalue weighted by molar-refractivity contribution is 7.09. The van der Waals surface area contributed by atoms with Gasteiger partial charge in [0, 0.05) is 22.4 Å². The number of rotatable bonds is 6. The van der Waals surface area contributed by atoms with Crippen LogP contribution in [0.25, 0.3) is 0 Å². The van der Waals surface area contributed by atoms with Crippen molar-refractivity contribution in [3.8, 4) is 0 Å². The average Bonchev–Trinajstić information content (AvgIpc) is 2.98. The van der Waals surface area contributed by atoms with E-state index in [0.29, 0.717) is 5.41 Å². The standard InChI is InChI=1S/C15H22N2S2/c1-14(2,9-12-10-18-11-17-12)5-6-15(3,4)13-16-7-8-19-13/h7-8,10-11H,5-6,9H2,1-4H3. The number of hydrogen-bond acceptors (Lipinski definition) is 4. The summed E-state index contributed by atoms with van der Waals surface area (Å²) in [6.45, 7) is 9.27. The summed E-state index contributed by atoms with van der Waals surface area (Å²) in [5.41, 5.74) is 3.61. The molecule has 0 unspecified atom stereocenters. The number of hydrogen-bond donors (Lipinski definition) is 0. The van der Waals surface area contributed by atoms with Gasteiger partial charge in [-0.05, 0) is 24.7 Å². The van der Waals surface area contributed by atoms with E-state index in [1.165, 1.54) is 17.1 Å². The van der Waals surface area contributed by atoms with Gasteiger partial charge < -0.3 is 0 Å². The quantitative estimate of drug-likeness (QED) is 0.755. The zero-order valence-corrected chi connectivity index (χ0v) is 13.8. The Balaban J connectivity index is 1.94. The van der Waals surface area contributed by atoms with E-state index in [2.05, 4.69) is 48.4 Å². The van der Waals surface area contributed by atoms with Gasteiger partial charge in [0.1, 0.15) is 0 Å². The molecule has 0 amide bonds. The average molecular weight is 294 g/mol. The van der Waals surface area contributed by atoms with E-state index < -0.39 is 0 Å². The Morgan fingerprint density at radius 3 is 2.47 bits per heavy atom. The second-order valence-corrected chi connectivity index (χ2v) is 8.16. The van der Waals surface area contributed by atoms with Gasteiger partial charge in [-0.2, -0.15) is 0 Å². The van der Waals surface area contributed by atoms with Crippen LogP contribution in [0.2, 0.25) is 0 Å². The molecule has 104 valence electrons. The lowest BCUT2D eigenvalue weighted by atomic mass is 9.77. The summed E-state index contributed by atoms with van der Waals surface area (Å²) in [5.74, 6) is 0. The molecule has 0 aliphatic carbocycles. The lowest BCUT2D eigenvalue weighted by Crippen LogP contribution is -2.23. The molecule has 0 N–H and O–H groups in total. The van der Waals surface area contributed by atoms with Gasteiger partial charge in [0.25, 0.3) is 0 Å². The lowest BCUT2D eigenvalue weighted by Gasteiger charge is -2.29. The fraction of sp³-hybridized carbons (Fsp3) is 0.600. The molecule has 0 spiro atoms. The van der Waals surface area contributed by atoms with Crippen LogP contribution in [0.15, 0.2) is 22.5 Å². The molecule has 0 aromatic carbocycles. The van der Waals surface area contributed by atoms with Crippen molar-refractivity contribution in [2.45, 2.75) is 52.4 Å². The molecular formula is C15H22N2S2. The van der Waals surface area contributed by atoms with Crippen LogP contribution in [0, 0.1) is 5.41 Å². The Morgan fingerprint density at radius 1 is 1.11 bits per heavy atom. The molecule has 0 aliphatic heterocycles. The third-order valence-corrected chi connectivity index (χ3v) is 5.36. The number of nitrogens with zero attached hydrogens (tertiary/aromatic N) is 2. The molecule has 4 heteroatoms.